The molecule has 0 aromatic carbocycles. The molecule has 6 rings (SSSR count). The van der Waals surface area contributed by atoms with Gasteiger partial charge in [0.15, 0.2) is 29.7 Å². The minimum Gasteiger partial charge on any atom is -0.346 e. The lowest BCUT2D eigenvalue weighted by Crippen LogP contribution is -2.36. The number of hydrogen-bond acceptors (Lipinski definition) is 14. The van der Waals surface area contributed by atoms with Gasteiger partial charge in [-0.25, -0.2) is 25.9 Å². The van der Waals surface area contributed by atoms with Crippen LogP contribution >= 0.6 is 13.4 Å². The summed E-state index contributed by atoms with van der Waals surface area (Å²) in [7, 11) is 0. The van der Waals surface area contributed by atoms with Crippen molar-refractivity contribution in [2.24, 2.45) is 10.9 Å². The van der Waals surface area contributed by atoms with Gasteiger partial charge in [0.25, 0.3) is 0 Å². The molecule has 3 aromatic rings. The second-order valence-electron chi connectivity index (χ2n) is 11.3. The van der Waals surface area contributed by atoms with Crippen LogP contribution in [0, 0.1) is 12.5 Å². The minimum atomic E-state index is -4.21. The van der Waals surface area contributed by atoms with E-state index in [1.165, 1.54) is 10.9 Å². The van der Waals surface area contributed by atoms with E-state index >= 15 is 4.39 Å². The number of carbonyl (C=O) groups is 2. The lowest BCUT2D eigenvalue weighted by molar-refractivity contribution is -0.122. The Balaban J connectivity index is 1.36. The number of nitrogens with zero attached hydrogens (tertiary/aromatic N) is 7. The zero-order valence-electron chi connectivity index (χ0n) is 26.1. The molecule has 22 heteroatoms. The van der Waals surface area contributed by atoms with E-state index in [1.54, 1.807) is 36.9 Å². The fraction of sp³-hybridized carbons (Fsp3) is 0.519. The molecule has 0 aliphatic carbocycles. The lowest BCUT2D eigenvalue weighted by Gasteiger charge is -2.26. The van der Waals surface area contributed by atoms with Crippen LogP contribution in [-0.4, -0.2) is 91.3 Å². The van der Waals surface area contributed by atoms with Crippen LogP contribution in [0.3, 0.4) is 0 Å². The Morgan fingerprint density at radius 2 is 2.14 bits per heavy atom. The predicted octanol–water partition coefficient (Wildman–Crippen LogP) is 3.28. The summed E-state index contributed by atoms with van der Waals surface area (Å²) < 4.78 is 54.5. The van der Waals surface area contributed by atoms with E-state index in [-0.39, 0.29) is 68.5 Å². The number of aliphatic imine (C=N–C) groups is 1. The quantitative estimate of drug-likeness (QED) is 0.219. The molecule has 3 aliphatic heterocycles. The van der Waals surface area contributed by atoms with Gasteiger partial charge in [-0.05, 0) is 29.7 Å². The van der Waals surface area contributed by atoms with Crippen molar-refractivity contribution in [3.63, 3.8) is 0 Å². The van der Waals surface area contributed by atoms with Crippen molar-refractivity contribution >= 4 is 71.4 Å². The fourth-order valence-electron chi connectivity index (χ4n) is 5.21. The Hall–Kier alpha value is -2.92. The van der Waals surface area contributed by atoms with Gasteiger partial charge in [0.1, 0.15) is 42.6 Å². The van der Waals surface area contributed by atoms with E-state index in [9.17, 15) is 14.5 Å². The number of rotatable bonds is 5. The van der Waals surface area contributed by atoms with Crippen LogP contribution in [0.4, 0.5) is 10.2 Å². The van der Waals surface area contributed by atoms with Crippen molar-refractivity contribution in [3.05, 3.63) is 47.7 Å². The highest BCUT2D eigenvalue weighted by Gasteiger charge is 2.51. The molecule has 0 saturated carbocycles. The van der Waals surface area contributed by atoms with Crippen LogP contribution in [0.15, 0.2) is 29.8 Å². The van der Waals surface area contributed by atoms with Crippen LogP contribution in [0.25, 0.3) is 15.9 Å². The first kappa shape index (κ1) is 35.9. The largest absolute Gasteiger partial charge is 0.346 e. The molecule has 0 spiro atoms. The van der Waals surface area contributed by atoms with Gasteiger partial charge in [-0.1, -0.05) is 13.8 Å². The summed E-state index contributed by atoms with van der Waals surface area (Å²) in [6, 6.07) is 1.73. The number of pyridine rings is 1. The maximum atomic E-state index is 16.4. The summed E-state index contributed by atoms with van der Waals surface area (Å²) >= 11 is 11.0. The maximum absolute atomic E-state index is 16.4. The zero-order valence-corrected chi connectivity index (χ0v) is 29.5. The fourth-order valence-corrected chi connectivity index (χ4v) is 8.33. The number of amides is 1. The van der Waals surface area contributed by atoms with Crippen LogP contribution in [0.5, 0.6) is 0 Å². The van der Waals surface area contributed by atoms with E-state index in [1.807, 2.05) is 0 Å². The number of ether oxygens (including phenoxy) is 1. The first-order valence-corrected chi connectivity index (χ1v) is 20.1. The molecular formula is C27H31FN8O9P2S2. The Kier molecular flexibility index (Phi) is 10.8. The number of Topliss-reactive ketones (excluding diaryl/α,β-unsaturated/α-hetero) is 1. The van der Waals surface area contributed by atoms with Gasteiger partial charge in [0.2, 0.25) is 12.5 Å². The molecule has 49 heavy (non-hydrogen) atoms. The van der Waals surface area contributed by atoms with Crippen molar-refractivity contribution in [2.75, 3.05) is 26.4 Å². The van der Waals surface area contributed by atoms with Crippen LogP contribution < -0.4 is 5.32 Å². The highest BCUT2D eigenvalue weighted by Crippen LogP contribution is 2.54. The summed E-state index contributed by atoms with van der Waals surface area (Å²) in [5, 5.41) is 2.63. The van der Waals surface area contributed by atoms with Gasteiger partial charge in [-0.15, -0.1) is 0 Å². The number of fused-ring (bicyclic) bond motifs is 6. The Morgan fingerprint density at radius 3 is 2.92 bits per heavy atom. The number of aromatic nitrogens is 5. The Bertz CT molecular complexity index is 1930. The van der Waals surface area contributed by atoms with Gasteiger partial charge < -0.3 is 42.5 Å². The molecule has 262 valence electrons. The van der Waals surface area contributed by atoms with Crippen LogP contribution in [0.1, 0.15) is 42.8 Å². The van der Waals surface area contributed by atoms with Crippen molar-refractivity contribution in [1.82, 2.24) is 29.4 Å². The SMILES string of the molecule is [C-]#[N+]CCOP1(=S)OCCn2c(nc3cnccc32)COP(O)(=S)O[C@H]2C(n3cnc4c3N=C(NC(=O)C(C)C)CC4=O)O[C@H](CO1)[C@H]2F. The van der Waals surface area contributed by atoms with Gasteiger partial charge in [0.05, 0.1) is 37.7 Å². The molecule has 17 nitrogen and oxygen atoms in total. The number of nitrogens with one attached hydrogen (secondary N) is 1. The smallest absolute Gasteiger partial charge is 0.327 e. The molecule has 1 saturated heterocycles. The molecule has 1 amide bonds. The van der Waals surface area contributed by atoms with Gasteiger partial charge >= 0.3 is 13.4 Å². The summed E-state index contributed by atoms with van der Waals surface area (Å²) in [5.41, 5.74) is 1.17. The van der Waals surface area contributed by atoms with E-state index in [0.29, 0.717) is 16.9 Å². The van der Waals surface area contributed by atoms with E-state index < -0.39 is 50.4 Å². The summed E-state index contributed by atoms with van der Waals surface area (Å²) in [5.74, 6) is -0.799. The van der Waals surface area contributed by atoms with Gasteiger partial charge in [-0.3, -0.25) is 23.7 Å². The minimum absolute atomic E-state index is 0.0128. The highest BCUT2D eigenvalue weighted by molar-refractivity contribution is 8.07. The maximum Gasteiger partial charge on any atom is 0.327 e. The monoisotopic (exact) mass is 756 g/mol. The molecule has 2 bridgehead atoms. The molecule has 2 N–H and O–H groups in total. The van der Waals surface area contributed by atoms with Crippen LogP contribution in [-0.2, 0) is 68.9 Å². The number of halogens is 1. The third kappa shape index (κ3) is 7.87. The van der Waals surface area contributed by atoms with Crippen molar-refractivity contribution < 1.29 is 46.2 Å². The van der Waals surface area contributed by atoms with E-state index in [4.69, 9.17) is 57.5 Å². The summed E-state index contributed by atoms with van der Waals surface area (Å²) in [6.07, 6.45) is -2.27. The molecule has 3 aromatic heterocycles. The van der Waals surface area contributed by atoms with Crippen LogP contribution in [0.2, 0.25) is 0 Å². The van der Waals surface area contributed by atoms with E-state index in [2.05, 4.69) is 30.1 Å². The molecule has 3 unspecified atom stereocenters. The first-order valence-electron chi connectivity index (χ1n) is 15.0. The number of imidazole rings is 2. The zero-order chi connectivity index (χ0) is 34.9. The molecule has 3 aliphatic rings. The van der Waals surface area contributed by atoms with Crippen molar-refractivity contribution in [2.45, 2.75) is 58.0 Å². The lowest BCUT2D eigenvalue weighted by atomic mass is 10.1. The predicted molar refractivity (Wildman–Crippen MR) is 177 cm³/mol. The second-order valence-corrected chi connectivity index (χ2v) is 17.1. The highest BCUT2D eigenvalue weighted by atomic mass is 32.5. The third-order valence-electron chi connectivity index (χ3n) is 7.59. The molecule has 0 radical (unpaired) electrons. The normalized spacial score (nSPS) is 29.4. The van der Waals surface area contributed by atoms with Crippen molar-refractivity contribution in [3.8, 4) is 0 Å². The summed E-state index contributed by atoms with van der Waals surface area (Å²) in [4.78, 5) is 57.1. The Morgan fingerprint density at radius 1 is 1.33 bits per heavy atom. The van der Waals surface area contributed by atoms with E-state index in [0.717, 1.165) is 0 Å². The number of carbonyl (C=O) groups excluding carboxylic acids is 2. The topological polar surface area (TPSA) is 187 Å². The third-order valence-corrected chi connectivity index (χ3v) is 11.5. The average molecular weight is 757 g/mol. The van der Waals surface area contributed by atoms with Gasteiger partial charge in [-0.2, -0.15) is 0 Å². The number of hydrogen-bond donors (Lipinski definition) is 2. The van der Waals surface area contributed by atoms with Gasteiger partial charge in [0, 0.05) is 18.7 Å². The molecule has 6 heterocycles. The number of ketones is 1. The Labute approximate surface area is 289 Å². The first-order chi connectivity index (χ1) is 23.4. The number of alkyl halides is 1. The number of amidine groups is 1. The average Bonchev–Trinajstić information content (AvgIpc) is 3.72. The second kappa shape index (κ2) is 14.7. The molecule has 1 fully saturated rings. The van der Waals surface area contributed by atoms with Crippen molar-refractivity contribution in [1.29, 1.82) is 0 Å². The standard InChI is InChI=1S/C27H31FN8O9P2S2/c1-15(2)26(38)34-20-10-18(37)23-25(33-20)36(14-31-23)27-24-22(28)19(44-27)12-43-47(49,40-8-6-29-3)41-9-7-35-17-4-5-30-11-16(17)32-21(35)13-42-46(39,48)45-24/h4-5,11,14-15,19,22,24,27H,6-10,12-13H2,1-2H3,(H,39,48)(H,33,34,38)/t19-,22-,24-,27?,46?,47?/m1/s1. The molecular weight excluding hydrogens is 725 g/mol. The summed E-state index contributed by atoms with van der Waals surface area (Å²) in [6.45, 7) is 1.94. The molecule has 6 atom stereocenters.